The summed E-state index contributed by atoms with van der Waals surface area (Å²) in [5, 5.41) is 0. The average Bonchev–Trinajstić information content (AvgIpc) is 2.78. The Morgan fingerprint density at radius 3 is 2.28 bits per heavy atom. The summed E-state index contributed by atoms with van der Waals surface area (Å²) in [6.45, 7) is 0.541. The topological polar surface area (TPSA) is 84.0 Å². The molecule has 0 atom stereocenters. The van der Waals surface area contributed by atoms with Gasteiger partial charge in [-0.3, -0.25) is 4.79 Å². The number of hydrogen-bond donors (Lipinski definition) is 0. The molecular formula is C21H30N2O5S. The standard InChI is InChI=1S/C21H30N2O5S/c1-22(17-8-4-3-5-9-17)20(24)16-12-14-23(15-13-16)29(26,27)19-11-7-6-10-18(19)21(25)28-2/h6-7,10-11,16-17H,3-5,8-9,12-15H2,1-2H3. The van der Waals surface area contributed by atoms with E-state index in [1.165, 1.54) is 42.8 Å². The lowest BCUT2D eigenvalue weighted by atomic mass is 9.91. The Labute approximate surface area is 173 Å². The molecule has 0 aromatic heterocycles. The third-order valence-corrected chi connectivity index (χ3v) is 8.14. The predicted molar refractivity (Wildman–Crippen MR) is 109 cm³/mol. The van der Waals surface area contributed by atoms with Crippen molar-refractivity contribution in [2.75, 3.05) is 27.2 Å². The van der Waals surface area contributed by atoms with Crippen LogP contribution < -0.4 is 0 Å². The van der Waals surface area contributed by atoms with E-state index in [-0.39, 0.29) is 35.4 Å². The molecule has 0 N–H and O–H groups in total. The fourth-order valence-electron chi connectivity index (χ4n) is 4.39. The van der Waals surface area contributed by atoms with Crippen molar-refractivity contribution < 1.29 is 22.7 Å². The molecule has 1 aromatic carbocycles. The molecule has 0 radical (unpaired) electrons. The molecule has 1 saturated carbocycles. The maximum Gasteiger partial charge on any atom is 0.339 e. The Morgan fingerprint density at radius 1 is 1.03 bits per heavy atom. The van der Waals surface area contributed by atoms with E-state index in [1.54, 1.807) is 12.1 Å². The van der Waals surface area contributed by atoms with Crippen molar-refractivity contribution in [2.24, 2.45) is 5.92 Å². The molecule has 1 aromatic rings. The summed E-state index contributed by atoms with van der Waals surface area (Å²) in [4.78, 5) is 26.7. The first-order chi connectivity index (χ1) is 13.9. The number of carbonyl (C=O) groups is 2. The second-order valence-corrected chi connectivity index (χ2v) is 9.81. The van der Waals surface area contributed by atoms with Crippen molar-refractivity contribution in [3.63, 3.8) is 0 Å². The van der Waals surface area contributed by atoms with Gasteiger partial charge in [0.1, 0.15) is 0 Å². The van der Waals surface area contributed by atoms with Gasteiger partial charge in [0.15, 0.2) is 0 Å². The number of piperidine rings is 1. The van der Waals surface area contributed by atoms with Crippen LogP contribution in [0.15, 0.2) is 29.2 Å². The molecule has 0 unspecified atom stereocenters. The van der Waals surface area contributed by atoms with Crippen LogP contribution in [0.5, 0.6) is 0 Å². The Kier molecular flexibility index (Phi) is 6.95. The number of rotatable bonds is 5. The fraction of sp³-hybridized carbons (Fsp3) is 0.619. The first-order valence-corrected chi connectivity index (χ1v) is 11.7. The zero-order chi connectivity index (χ0) is 21.0. The minimum atomic E-state index is -3.83. The summed E-state index contributed by atoms with van der Waals surface area (Å²) in [5.74, 6) is -0.698. The largest absolute Gasteiger partial charge is 0.465 e. The molecule has 1 aliphatic heterocycles. The van der Waals surface area contributed by atoms with E-state index in [4.69, 9.17) is 4.74 Å². The average molecular weight is 423 g/mol. The SMILES string of the molecule is COC(=O)c1ccccc1S(=O)(=O)N1CCC(C(=O)N(C)C2CCCCC2)CC1. The van der Waals surface area contributed by atoms with Crippen LogP contribution in [0.3, 0.4) is 0 Å². The van der Waals surface area contributed by atoms with E-state index in [1.807, 2.05) is 11.9 Å². The van der Waals surface area contributed by atoms with Crippen LogP contribution in [0.2, 0.25) is 0 Å². The van der Waals surface area contributed by atoms with Crippen molar-refractivity contribution in [3.05, 3.63) is 29.8 Å². The molecule has 1 heterocycles. The first kappa shape index (κ1) is 21.8. The van der Waals surface area contributed by atoms with Crippen molar-refractivity contribution in [3.8, 4) is 0 Å². The highest BCUT2D eigenvalue weighted by molar-refractivity contribution is 7.89. The molecule has 8 heteroatoms. The van der Waals surface area contributed by atoms with E-state index in [0.717, 1.165) is 12.8 Å². The van der Waals surface area contributed by atoms with Gasteiger partial charge >= 0.3 is 5.97 Å². The van der Waals surface area contributed by atoms with Crippen molar-refractivity contribution in [1.29, 1.82) is 0 Å². The van der Waals surface area contributed by atoms with Gasteiger partial charge in [0.25, 0.3) is 0 Å². The van der Waals surface area contributed by atoms with Gasteiger partial charge in [-0.25, -0.2) is 13.2 Å². The number of hydrogen-bond acceptors (Lipinski definition) is 5. The van der Waals surface area contributed by atoms with Gasteiger partial charge in [-0.05, 0) is 37.8 Å². The number of carbonyl (C=O) groups excluding carboxylic acids is 2. The molecule has 1 amide bonds. The number of methoxy groups -OCH3 is 1. The maximum atomic E-state index is 13.1. The lowest BCUT2D eigenvalue weighted by molar-refractivity contribution is -0.138. The van der Waals surface area contributed by atoms with E-state index < -0.39 is 16.0 Å². The van der Waals surface area contributed by atoms with Gasteiger partial charge in [-0.1, -0.05) is 31.4 Å². The summed E-state index contributed by atoms with van der Waals surface area (Å²) in [6.07, 6.45) is 6.67. The predicted octanol–water partition coefficient (Wildman–Crippen LogP) is 2.67. The molecule has 1 saturated heterocycles. The van der Waals surface area contributed by atoms with E-state index >= 15 is 0 Å². The van der Waals surface area contributed by atoms with Crippen LogP contribution in [-0.2, 0) is 19.6 Å². The molecule has 0 spiro atoms. The second kappa shape index (κ2) is 9.26. The molecule has 2 aliphatic rings. The van der Waals surface area contributed by atoms with Gasteiger partial charge in [0.2, 0.25) is 15.9 Å². The maximum absolute atomic E-state index is 13.1. The summed E-state index contributed by atoms with van der Waals surface area (Å²) in [6, 6.07) is 6.39. The minimum absolute atomic E-state index is 0.0326. The van der Waals surface area contributed by atoms with Crippen LogP contribution in [0, 0.1) is 5.92 Å². The normalized spacial score (nSPS) is 19.7. The van der Waals surface area contributed by atoms with Crippen molar-refractivity contribution in [2.45, 2.75) is 55.9 Å². The van der Waals surface area contributed by atoms with E-state index in [9.17, 15) is 18.0 Å². The van der Waals surface area contributed by atoms with Crippen molar-refractivity contribution in [1.82, 2.24) is 9.21 Å². The molecule has 2 fully saturated rings. The van der Waals surface area contributed by atoms with Crippen molar-refractivity contribution >= 4 is 21.9 Å². The van der Waals surface area contributed by atoms with Gasteiger partial charge in [-0.2, -0.15) is 4.31 Å². The number of ether oxygens (including phenoxy) is 1. The molecule has 160 valence electrons. The number of benzene rings is 1. The molecule has 0 bridgehead atoms. The molecule has 1 aliphatic carbocycles. The highest BCUT2D eigenvalue weighted by atomic mass is 32.2. The third-order valence-electron chi connectivity index (χ3n) is 6.18. The number of esters is 1. The number of sulfonamides is 1. The first-order valence-electron chi connectivity index (χ1n) is 10.3. The van der Waals surface area contributed by atoms with E-state index in [2.05, 4.69) is 0 Å². The Morgan fingerprint density at radius 2 is 1.66 bits per heavy atom. The lowest BCUT2D eigenvalue weighted by Crippen LogP contribution is -2.46. The third kappa shape index (κ3) is 4.64. The molecule has 3 rings (SSSR count). The fourth-order valence-corrected chi connectivity index (χ4v) is 6.04. The van der Waals surface area contributed by atoms with Gasteiger partial charge in [0, 0.05) is 32.1 Å². The molecule has 7 nitrogen and oxygen atoms in total. The lowest BCUT2D eigenvalue weighted by Gasteiger charge is -2.36. The second-order valence-electron chi connectivity index (χ2n) is 7.91. The quantitative estimate of drug-likeness (QED) is 0.681. The zero-order valence-corrected chi connectivity index (χ0v) is 18.0. The smallest absolute Gasteiger partial charge is 0.339 e. The summed E-state index contributed by atoms with van der Waals surface area (Å²) >= 11 is 0. The van der Waals surface area contributed by atoms with Crippen LogP contribution in [0.25, 0.3) is 0 Å². The van der Waals surface area contributed by atoms with Gasteiger partial charge < -0.3 is 9.64 Å². The monoisotopic (exact) mass is 422 g/mol. The molecule has 29 heavy (non-hydrogen) atoms. The van der Waals surface area contributed by atoms with Crippen LogP contribution in [0.1, 0.15) is 55.3 Å². The summed E-state index contributed by atoms with van der Waals surface area (Å²) < 4.78 is 32.3. The highest BCUT2D eigenvalue weighted by Gasteiger charge is 2.36. The minimum Gasteiger partial charge on any atom is -0.465 e. The highest BCUT2D eigenvalue weighted by Crippen LogP contribution is 2.29. The number of nitrogens with zero attached hydrogens (tertiary/aromatic N) is 2. The molecular weight excluding hydrogens is 392 g/mol. The van der Waals surface area contributed by atoms with Gasteiger partial charge in [0.05, 0.1) is 17.6 Å². The van der Waals surface area contributed by atoms with Gasteiger partial charge in [-0.15, -0.1) is 0 Å². The van der Waals surface area contributed by atoms with E-state index in [0.29, 0.717) is 18.9 Å². The Balaban J connectivity index is 1.67. The summed E-state index contributed by atoms with van der Waals surface area (Å²) in [5.41, 5.74) is 0.0326. The number of amides is 1. The zero-order valence-electron chi connectivity index (χ0n) is 17.2. The van der Waals surface area contributed by atoms with Crippen LogP contribution in [-0.4, -0.2) is 62.8 Å². The summed E-state index contributed by atoms with van der Waals surface area (Å²) in [7, 11) is -0.719. The van der Waals surface area contributed by atoms with Crippen LogP contribution in [0.4, 0.5) is 0 Å². The Bertz CT molecular complexity index is 840. The Hall–Kier alpha value is -1.93. The van der Waals surface area contributed by atoms with Crippen LogP contribution >= 0.6 is 0 Å².